The van der Waals surface area contributed by atoms with Crippen molar-refractivity contribution in [3.8, 4) is 10.4 Å². The molecule has 3 rings (SSSR count). The van der Waals surface area contributed by atoms with Gasteiger partial charge in [-0.05, 0) is 25.3 Å². The molecule has 0 aliphatic heterocycles. The lowest BCUT2D eigenvalue weighted by Gasteiger charge is -2.22. The molecule has 1 fully saturated rings. The van der Waals surface area contributed by atoms with Crippen molar-refractivity contribution < 1.29 is 0 Å². The van der Waals surface area contributed by atoms with Gasteiger partial charge in [-0.1, -0.05) is 60.9 Å². The molecule has 1 aliphatic rings. The quantitative estimate of drug-likeness (QED) is 0.795. The van der Waals surface area contributed by atoms with Gasteiger partial charge in [0.2, 0.25) is 0 Å². The number of hydrogen-bond acceptors (Lipinski definition) is 3. The Morgan fingerprint density at radius 3 is 2.50 bits per heavy atom. The van der Waals surface area contributed by atoms with Crippen LogP contribution in [0.1, 0.15) is 37.8 Å². The highest BCUT2D eigenvalue weighted by Crippen LogP contribution is 2.33. The Morgan fingerprint density at radius 2 is 1.80 bits per heavy atom. The molecule has 0 bridgehead atoms. The molecule has 1 aromatic heterocycles. The molecule has 108 valence electrons. The molecule has 1 aromatic carbocycles. The SMILES string of the molecule is Br.Cc1nc(NC2CCCCC2)sc1-c1ccccc1. The molecule has 1 heterocycles. The Bertz CT molecular complexity index is 533. The van der Waals surface area contributed by atoms with Crippen LogP contribution in [0.25, 0.3) is 10.4 Å². The van der Waals surface area contributed by atoms with Gasteiger partial charge in [0.15, 0.2) is 5.13 Å². The Balaban J connectivity index is 0.00000147. The molecular weight excluding hydrogens is 332 g/mol. The Hall–Kier alpha value is -0.870. The highest BCUT2D eigenvalue weighted by molar-refractivity contribution is 8.93. The zero-order valence-corrected chi connectivity index (χ0v) is 14.3. The van der Waals surface area contributed by atoms with Crippen LogP contribution >= 0.6 is 28.3 Å². The van der Waals surface area contributed by atoms with E-state index in [-0.39, 0.29) is 17.0 Å². The van der Waals surface area contributed by atoms with Crippen LogP contribution in [0.15, 0.2) is 30.3 Å². The van der Waals surface area contributed by atoms with E-state index in [9.17, 15) is 0 Å². The van der Waals surface area contributed by atoms with E-state index in [1.54, 1.807) is 11.3 Å². The minimum absolute atomic E-state index is 0. The zero-order valence-electron chi connectivity index (χ0n) is 11.8. The van der Waals surface area contributed by atoms with Gasteiger partial charge in [0.1, 0.15) is 0 Å². The summed E-state index contributed by atoms with van der Waals surface area (Å²) < 4.78 is 0. The molecule has 1 saturated carbocycles. The van der Waals surface area contributed by atoms with Crippen LogP contribution in [0.4, 0.5) is 5.13 Å². The molecule has 1 aliphatic carbocycles. The van der Waals surface area contributed by atoms with Gasteiger partial charge < -0.3 is 5.32 Å². The predicted molar refractivity (Wildman–Crippen MR) is 93.1 cm³/mol. The average Bonchev–Trinajstić information content (AvgIpc) is 2.82. The largest absolute Gasteiger partial charge is 0.359 e. The number of nitrogens with zero attached hydrogens (tertiary/aromatic N) is 1. The number of thiazole rings is 1. The maximum atomic E-state index is 4.69. The van der Waals surface area contributed by atoms with E-state index in [1.165, 1.54) is 42.5 Å². The van der Waals surface area contributed by atoms with Crippen LogP contribution in [0.3, 0.4) is 0 Å². The van der Waals surface area contributed by atoms with Crippen molar-refractivity contribution >= 4 is 33.4 Å². The number of aromatic nitrogens is 1. The summed E-state index contributed by atoms with van der Waals surface area (Å²) in [6.07, 6.45) is 6.68. The number of anilines is 1. The molecule has 2 aromatic rings. The topological polar surface area (TPSA) is 24.9 Å². The Labute approximate surface area is 135 Å². The molecule has 0 unspecified atom stereocenters. The van der Waals surface area contributed by atoms with Crippen molar-refractivity contribution in [1.29, 1.82) is 0 Å². The highest BCUT2D eigenvalue weighted by atomic mass is 79.9. The first-order valence-electron chi connectivity index (χ1n) is 7.12. The molecule has 0 spiro atoms. The summed E-state index contributed by atoms with van der Waals surface area (Å²) in [5.74, 6) is 0. The highest BCUT2D eigenvalue weighted by Gasteiger charge is 2.16. The number of hydrogen-bond donors (Lipinski definition) is 1. The fraction of sp³-hybridized carbons (Fsp3) is 0.438. The summed E-state index contributed by atoms with van der Waals surface area (Å²) in [5, 5.41) is 4.71. The molecule has 1 N–H and O–H groups in total. The van der Waals surface area contributed by atoms with Gasteiger partial charge in [-0.2, -0.15) is 0 Å². The lowest BCUT2D eigenvalue weighted by molar-refractivity contribution is 0.462. The monoisotopic (exact) mass is 352 g/mol. The fourth-order valence-corrected chi connectivity index (χ4v) is 3.79. The van der Waals surface area contributed by atoms with Gasteiger partial charge >= 0.3 is 0 Å². The predicted octanol–water partition coefficient (Wildman–Crippen LogP) is 5.44. The third-order valence-electron chi connectivity index (χ3n) is 3.77. The van der Waals surface area contributed by atoms with E-state index >= 15 is 0 Å². The van der Waals surface area contributed by atoms with Gasteiger partial charge in [-0.3, -0.25) is 0 Å². The summed E-state index contributed by atoms with van der Waals surface area (Å²) >= 11 is 1.78. The van der Waals surface area contributed by atoms with Gasteiger partial charge in [0, 0.05) is 6.04 Å². The smallest absolute Gasteiger partial charge is 0.183 e. The lowest BCUT2D eigenvalue weighted by Crippen LogP contribution is -2.21. The molecule has 20 heavy (non-hydrogen) atoms. The van der Waals surface area contributed by atoms with Crippen LogP contribution in [0, 0.1) is 6.92 Å². The van der Waals surface area contributed by atoms with Crippen molar-refractivity contribution in [2.24, 2.45) is 0 Å². The first kappa shape index (κ1) is 15.5. The van der Waals surface area contributed by atoms with Crippen LogP contribution in [0.5, 0.6) is 0 Å². The van der Waals surface area contributed by atoms with Crippen molar-refractivity contribution in [3.63, 3.8) is 0 Å². The number of benzene rings is 1. The molecule has 2 nitrogen and oxygen atoms in total. The normalized spacial score (nSPS) is 15.7. The molecule has 0 atom stereocenters. The first-order valence-corrected chi connectivity index (χ1v) is 7.94. The molecule has 4 heteroatoms. The summed E-state index contributed by atoms with van der Waals surface area (Å²) in [6.45, 7) is 2.10. The second-order valence-corrected chi connectivity index (χ2v) is 6.28. The van der Waals surface area contributed by atoms with E-state index in [1.807, 2.05) is 0 Å². The van der Waals surface area contributed by atoms with E-state index in [4.69, 9.17) is 0 Å². The summed E-state index contributed by atoms with van der Waals surface area (Å²) in [4.78, 5) is 5.98. The maximum absolute atomic E-state index is 4.69. The average molecular weight is 353 g/mol. The number of aryl methyl sites for hydroxylation is 1. The maximum Gasteiger partial charge on any atom is 0.183 e. The third-order valence-corrected chi connectivity index (χ3v) is 4.90. The summed E-state index contributed by atoms with van der Waals surface area (Å²) in [5.41, 5.74) is 2.41. The van der Waals surface area contributed by atoms with Gasteiger partial charge in [0.25, 0.3) is 0 Å². The molecular formula is C16H21BrN2S. The van der Waals surface area contributed by atoms with E-state index in [0.29, 0.717) is 6.04 Å². The van der Waals surface area contributed by atoms with Crippen LogP contribution < -0.4 is 5.32 Å². The van der Waals surface area contributed by atoms with E-state index in [2.05, 4.69) is 47.6 Å². The first-order chi connectivity index (χ1) is 9.33. The molecule has 0 saturated heterocycles. The van der Waals surface area contributed by atoms with Crippen molar-refractivity contribution in [3.05, 3.63) is 36.0 Å². The molecule has 0 radical (unpaired) electrons. The second-order valence-electron chi connectivity index (χ2n) is 5.28. The van der Waals surface area contributed by atoms with Crippen LogP contribution in [-0.2, 0) is 0 Å². The van der Waals surface area contributed by atoms with Gasteiger partial charge in [-0.15, -0.1) is 17.0 Å². The van der Waals surface area contributed by atoms with Crippen molar-refractivity contribution in [1.82, 2.24) is 4.98 Å². The van der Waals surface area contributed by atoms with E-state index in [0.717, 1.165) is 10.8 Å². The number of halogens is 1. The molecule has 0 amide bonds. The zero-order chi connectivity index (χ0) is 13.1. The summed E-state index contributed by atoms with van der Waals surface area (Å²) in [7, 11) is 0. The number of rotatable bonds is 3. The Morgan fingerprint density at radius 1 is 1.10 bits per heavy atom. The fourth-order valence-electron chi connectivity index (χ4n) is 2.74. The minimum Gasteiger partial charge on any atom is -0.359 e. The minimum atomic E-state index is 0. The Kier molecular flexibility index (Phi) is 5.61. The summed E-state index contributed by atoms with van der Waals surface area (Å²) in [6, 6.07) is 11.2. The van der Waals surface area contributed by atoms with Crippen LogP contribution in [-0.4, -0.2) is 11.0 Å². The van der Waals surface area contributed by atoms with Crippen LogP contribution in [0.2, 0.25) is 0 Å². The third kappa shape index (κ3) is 3.61. The van der Waals surface area contributed by atoms with Crippen molar-refractivity contribution in [2.75, 3.05) is 5.32 Å². The van der Waals surface area contributed by atoms with Gasteiger partial charge in [0.05, 0.1) is 10.6 Å². The van der Waals surface area contributed by atoms with Crippen molar-refractivity contribution in [2.45, 2.75) is 45.1 Å². The lowest BCUT2D eigenvalue weighted by atomic mass is 9.96. The van der Waals surface area contributed by atoms with E-state index < -0.39 is 0 Å². The standard InChI is InChI=1S/C16H20N2S.BrH/c1-12-15(13-8-4-2-5-9-13)19-16(17-12)18-14-10-6-3-7-11-14;/h2,4-5,8-9,14H,3,6-7,10-11H2,1H3,(H,17,18);1H. The second kappa shape index (κ2) is 7.23. The van der Waals surface area contributed by atoms with Gasteiger partial charge in [-0.25, -0.2) is 4.98 Å². The number of nitrogens with one attached hydrogen (secondary N) is 1.